The molecule has 0 amide bonds. The van der Waals surface area contributed by atoms with Crippen molar-refractivity contribution in [3.8, 4) is 0 Å². The molecule has 0 bridgehead atoms. The van der Waals surface area contributed by atoms with Gasteiger partial charge in [0.25, 0.3) is 0 Å². The molecule has 0 aliphatic carbocycles. The Morgan fingerprint density at radius 2 is 2.38 bits per heavy atom. The van der Waals surface area contributed by atoms with Crippen molar-refractivity contribution in [3.63, 3.8) is 0 Å². The van der Waals surface area contributed by atoms with Gasteiger partial charge in [0.05, 0.1) is 5.37 Å². The van der Waals surface area contributed by atoms with E-state index in [0.29, 0.717) is 5.37 Å². The normalized spacial score (nSPS) is 22.2. The van der Waals surface area contributed by atoms with Gasteiger partial charge in [-0.05, 0) is 24.1 Å². The van der Waals surface area contributed by atoms with Gasteiger partial charge in [0, 0.05) is 16.8 Å². The van der Waals surface area contributed by atoms with Crippen LogP contribution in [0.3, 0.4) is 0 Å². The largest absolute Gasteiger partial charge is 0.301 e. The number of hydrogen-bond donors (Lipinski definition) is 1. The summed E-state index contributed by atoms with van der Waals surface area (Å²) in [4.78, 5) is 0. The third kappa shape index (κ3) is 2.09. The Hall–Kier alpha value is 0.01000. The standard InChI is InChI=1S/C10H12BrNS/c1-7-2-3-8(9(11)6-7)10-12-4-5-13-10/h2-3,6,10,12H,4-5H2,1H3. The molecule has 13 heavy (non-hydrogen) atoms. The Morgan fingerprint density at radius 1 is 1.54 bits per heavy atom. The highest BCUT2D eigenvalue weighted by Crippen LogP contribution is 2.34. The van der Waals surface area contributed by atoms with E-state index in [2.05, 4.69) is 46.4 Å². The molecule has 1 N–H and O–H groups in total. The minimum absolute atomic E-state index is 0.481. The second kappa shape index (κ2) is 4.03. The molecule has 0 spiro atoms. The van der Waals surface area contributed by atoms with Crippen LogP contribution in [0.25, 0.3) is 0 Å². The number of thioether (sulfide) groups is 1. The van der Waals surface area contributed by atoms with Gasteiger partial charge in [-0.2, -0.15) is 0 Å². The summed E-state index contributed by atoms with van der Waals surface area (Å²) in [7, 11) is 0. The van der Waals surface area contributed by atoms with Gasteiger partial charge in [0.15, 0.2) is 0 Å². The van der Waals surface area contributed by atoms with Gasteiger partial charge in [-0.1, -0.05) is 28.1 Å². The molecule has 1 unspecified atom stereocenters. The second-order valence-corrected chi connectivity index (χ2v) is 5.30. The van der Waals surface area contributed by atoms with Crippen LogP contribution >= 0.6 is 27.7 Å². The van der Waals surface area contributed by atoms with Crippen LogP contribution < -0.4 is 5.32 Å². The lowest BCUT2D eigenvalue weighted by molar-refractivity contribution is 0.748. The van der Waals surface area contributed by atoms with E-state index in [1.165, 1.54) is 21.4 Å². The first kappa shape index (κ1) is 9.56. The third-order valence-corrected chi connectivity index (χ3v) is 4.04. The van der Waals surface area contributed by atoms with Crippen molar-refractivity contribution < 1.29 is 0 Å². The lowest BCUT2D eigenvalue weighted by atomic mass is 10.1. The van der Waals surface area contributed by atoms with Crippen LogP contribution in [0, 0.1) is 6.92 Å². The Kier molecular flexibility index (Phi) is 2.96. The van der Waals surface area contributed by atoms with Crippen LogP contribution in [0.1, 0.15) is 16.5 Å². The first-order valence-electron chi connectivity index (χ1n) is 4.38. The molecule has 1 aromatic rings. The van der Waals surface area contributed by atoms with Gasteiger partial charge in [0.2, 0.25) is 0 Å². The topological polar surface area (TPSA) is 12.0 Å². The Morgan fingerprint density at radius 3 is 3.00 bits per heavy atom. The van der Waals surface area contributed by atoms with Crippen molar-refractivity contribution >= 4 is 27.7 Å². The number of benzene rings is 1. The van der Waals surface area contributed by atoms with Crippen molar-refractivity contribution in [1.82, 2.24) is 5.32 Å². The fraction of sp³-hybridized carbons (Fsp3) is 0.400. The van der Waals surface area contributed by atoms with E-state index in [1.54, 1.807) is 0 Å². The molecule has 1 nitrogen and oxygen atoms in total. The van der Waals surface area contributed by atoms with Gasteiger partial charge in [0.1, 0.15) is 0 Å². The molecular weight excluding hydrogens is 246 g/mol. The summed E-state index contributed by atoms with van der Waals surface area (Å²) < 4.78 is 1.22. The monoisotopic (exact) mass is 257 g/mol. The lowest BCUT2D eigenvalue weighted by Gasteiger charge is -2.12. The van der Waals surface area contributed by atoms with Gasteiger partial charge < -0.3 is 5.32 Å². The molecule has 0 saturated carbocycles. The van der Waals surface area contributed by atoms with E-state index in [4.69, 9.17) is 0 Å². The summed E-state index contributed by atoms with van der Waals surface area (Å²) in [5, 5.41) is 3.95. The summed E-state index contributed by atoms with van der Waals surface area (Å²) in [5.41, 5.74) is 2.67. The molecule has 0 aromatic heterocycles. The maximum absolute atomic E-state index is 3.60. The number of rotatable bonds is 1. The first-order valence-corrected chi connectivity index (χ1v) is 6.22. The molecule has 1 saturated heterocycles. The summed E-state index contributed by atoms with van der Waals surface area (Å²) in [5.74, 6) is 1.21. The van der Waals surface area contributed by atoms with Crippen molar-refractivity contribution in [3.05, 3.63) is 33.8 Å². The average Bonchev–Trinajstić information content (AvgIpc) is 2.56. The van der Waals surface area contributed by atoms with Crippen LogP contribution in [-0.4, -0.2) is 12.3 Å². The molecule has 1 aliphatic rings. The molecule has 0 radical (unpaired) electrons. The zero-order valence-electron chi connectivity index (χ0n) is 7.51. The summed E-state index contributed by atoms with van der Waals surface area (Å²) in [6.45, 7) is 3.24. The maximum atomic E-state index is 3.60. The fourth-order valence-electron chi connectivity index (χ4n) is 1.47. The van der Waals surface area contributed by atoms with Crippen LogP contribution in [-0.2, 0) is 0 Å². The number of halogens is 1. The highest BCUT2D eigenvalue weighted by atomic mass is 79.9. The second-order valence-electron chi connectivity index (χ2n) is 3.23. The number of hydrogen-bond acceptors (Lipinski definition) is 2. The summed E-state index contributed by atoms with van der Waals surface area (Å²) in [6, 6.07) is 6.55. The number of aryl methyl sites for hydroxylation is 1. The molecule has 1 aliphatic heterocycles. The van der Waals surface area contributed by atoms with Crippen molar-refractivity contribution in [2.45, 2.75) is 12.3 Å². The molecule has 3 heteroatoms. The van der Waals surface area contributed by atoms with Crippen LogP contribution in [0.5, 0.6) is 0 Å². The Balaban J connectivity index is 2.29. The van der Waals surface area contributed by atoms with E-state index in [-0.39, 0.29) is 0 Å². The van der Waals surface area contributed by atoms with Crippen LogP contribution in [0.4, 0.5) is 0 Å². The van der Waals surface area contributed by atoms with E-state index < -0.39 is 0 Å². The minimum Gasteiger partial charge on any atom is -0.301 e. The van der Waals surface area contributed by atoms with Gasteiger partial charge in [-0.3, -0.25) is 0 Å². The Labute approximate surface area is 91.4 Å². The highest BCUT2D eigenvalue weighted by molar-refractivity contribution is 9.10. The van der Waals surface area contributed by atoms with Gasteiger partial charge >= 0.3 is 0 Å². The lowest BCUT2D eigenvalue weighted by Crippen LogP contribution is -2.12. The van der Waals surface area contributed by atoms with E-state index in [0.717, 1.165) is 6.54 Å². The van der Waals surface area contributed by atoms with Gasteiger partial charge in [-0.25, -0.2) is 0 Å². The summed E-state index contributed by atoms with van der Waals surface area (Å²) in [6.07, 6.45) is 0. The molecule has 1 fully saturated rings. The van der Waals surface area contributed by atoms with Crippen molar-refractivity contribution in [2.75, 3.05) is 12.3 Å². The zero-order valence-corrected chi connectivity index (χ0v) is 9.91. The minimum atomic E-state index is 0.481. The first-order chi connectivity index (χ1) is 6.27. The molecule has 70 valence electrons. The number of nitrogens with one attached hydrogen (secondary N) is 1. The third-order valence-electron chi connectivity index (χ3n) is 2.15. The molecule has 1 aromatic carbocycles. The molecule has 1 heterocycles. The predicted octanol–water partition coefficient (Wildman–Crippen LogP) is 3.09. The van der Waals surface area contributed by atoms with Crippen LogP contribution in [0.2, 0.25) is 0 Å². The average molecular weight is 258 g/mol. The Bertz CT molecular complexity index is 308. The quantitative estimate of drug-likeness (QED) is 0.830. The highest BCUT2D eigenvalue weighted by Gasteiger charge is 2.18. The molecule has 2 rings (SSSR count). The fourth-order valence-corrected chi connectivity index (χ4v) is 3.44. The zero-order chi connectivity index (χ0) is 9.26. The predicted molar refractivity (Wildman–Crippen MR) is 62.1 cm³/mol. The van der Waals surface area contributed by atoms with Crippen molar-refractivity contribution in [2.24, 2.45) is 0 Å². The summed E-state index contributed by atoms with van der Waals surface area (Å²) >= 11 is 5.58. The van der Waals surface area contributed by atoms with Crippen LogP contribution in [0.15, 0.2) is 22.7 Å². The van der Waals surface area contributed by atoms with E-state index in [9.17, 15) is 0 Å². The molecular formula is C10H12BrNS. The van der Waals surface area contributed by atoms with E-state index >= 15 is 0 Å². The van der Waals surface area contributed by atoms with Gasteiger partial charge in [-0.15, -0.1) is 11.8 Å². The SMILES string of the molecule is Cc1ccc(C2NCCS2)c(Br)c1. The smallest absolute Gasteiger partial charge is 0.0801 e. The molecule has 1 atom stereocenters. The van der Waals surface area contributed by atoms with E-state index in [1.807, 2.05) is 11.8 Å². The maximum Gasteiger partial charge on any atom is 0.0801 e. The van der Waals surface area contributed by atoms with Crippen molar-refractivity contribution in [1.29, 1.82) is 0 Å².